The summed E-state index contributed by atoms with van der Waals surface area (Å²) in [5, 5.41) is 11.8. The molecule has 0 aromatic carbocycles. The first kappa shape index (κ1) is 13.6. The van der Waals surface area contributed by atoms with E-state index in [2.05, 4.69) is 20.3 Å². The van der Waals surface area contributed by atoms with Gasteiger partial charge in [-0.1, -0.05) is 0 Å². The van der Waals surface area contributed by atoms with E-state index in [-0.39, 0.29) is 5.82 Å². The molecular weight excluding hydrogens is 254 g/mol. The van der Waals surface area contributed by atoms with Crippen LogP contribution in [0.3, 0.4) is 0 Å². The predicted octanol–water partition coefficient (Wildman–Crippen LogP) is 1.73. The Kier molecular flexibility index (Phi) is 4.01. The minimum atomic E-state index is -1.05. The molecule has 2 aromatic rings. The molecule has 0 aliphatic heterocycles. The van der Waals surface area contributed by atoms with Gasteiger partial charge in [-0.2, -0.15) is 5.26 Å². The lowest BCUT2D eigenvalue weighted by Crippen LogP contribution is -2.22. The van der Waals surface area contributed by atoms with Crippen LogP contribution in [0, 0.1) is 25.2 Å². The van der Waals surface area contributed by atoms with Gasteiger partial charge in [-0.25, -0.2) is 9.97 Å². The molecule has 0 spiro atoms. The normalized spacial score (nSPS) is 11.4. The molecule has 6 heteroatoms. The summed E-state index contributed by atoms with van der Waals surface area (Å²) >= 11 is 0. The number of nitrogens with zero attached hydrogens (tertiary/aromatic N) is 4. The van der Waals surface area contributed by atoms with E-state index < -0.39 is 11.8 Å². The Morgan fingerprint density at radius 3 is 2.60 bits per heavy atom. The lowest BCUT2D eigenvalue weighted by atomic mass is 10.1. The maximum Gasteiger partial charge on any atom is 0.249 e. The fourth-order valence-corrected chi connectivity index (χ4v) is 1.77. The summed E-state index contributed by atoms with van der Waals surface area (Å²) in [6.07, 6.45) is 3.11. The van der Waals surface area contributed by atoms with Crippen molar-refractivity contribution in [3.63, 3.8) is 0 Å². The Morgan fingerprint density at radius 1 is 1.35 bits per heavy atom. The predicted molar refractivity (Wildman–Crippen MR) is 72.7 cm³/mol. The number of nitriles is 1. The van der Waals surface area contributed by atoms with Crippen LogP contribution in [0.25, 0.3) is 0 Å². The van der Waals surface area contributed by atoms with Gasteiger partial charge >= 0.3 is 0 Å². The average Bonchev–Trinajstić information content (AvgIpc) is 2.39. The second-order valence-corrected chi connectivity index (χ2v) is 4.30. The molecule has 1 atom stereocenters. The van der Waals surface area contributed by atoms with Crippen molar-refractivity contribution in [2.75, 3.05) is 5.32 Å². The number of rotatable bonds is 3. The van der Waals surface area contributed by atoms with Crippen molar-refractivity contribution in [2.45, 2.75) is 19.8 Å². The third-order valence-electron chi connectivity index (χ3n) is 2.58. The van der Waals surface area contributed by atoms with Gasteiger partial charge < -0.3 is 5.32 Å². The molecule has 0 fully saturated rings. The minimum Gasteiger partial charge on any atom is -0.323 e. The first-order chi connectivity index (χ1) is 9.60. The second-order valence-electron chi connectivity index (χ2n) is 4.30. The maximum absolute atomic E-state index is 12.1. The van der Waals surface area contributed by atoms with Gasteiger partial charge in [-0.3, -0.25) is 9.78 Å². The summed E-state index contributed by atoms with van der Waals surface area (Å²) in [5.41, 5.74) is 1.98. The van der Waals surface area contributed by atoms with Gasteiger partial charge in [0.1, 0.15) is 0 Å². The fourth-order valence-electron chi connectivity index (χ4n) is 1.77. The number of carbonyl (C=O) groups is 1. The molecule has 0 bridgehead atoms. The van der Waals surface area contributed by atoms with Crippen LogP contribution in [0.2, 0.25) is 0 Å². The Balaban J connectivity index is 2.24. The van der Waals surface area contributed by atoms with Crippen molar-refractivity contribution in [3.05, 3.63) is 47.8 Å². The summed E-state index contributed by atoms with van der Waals surface area (Å²) in [5.74, 6) is -1.30. The first-order valence-corrected chi connectivity index (χ1v) is 6.03. The van der Waals surface area contributed by atoms with Crippen LogP contribution in [0.15, 0.2) is 30.6 Å². The van der Waals surface area contributed by atoms with Crippen molar-refractivity contribution in [1.82, 2.24) is 15.0 Å². The van der Waals surface area contributed by atoms with Gasteiger partial charge in [-0.15, -0.1) is 0 Å². The van der Waals surface area contributed by atoms with E-state index in [1.54, 1.807) is 38.2 Å². The fraction of sp³-hybridized carbons (Fsp3) is 0.214. The van der Waals surface area contributed by atoms with E-state index in [1.807, 2.05) is 6.07 Å². The number of pyridine rings is 1. The highest BCUT2D eigenvalue weighted by Gasteiger charge is 2.23. The number of anilines is 1. The number of aryl methyl sites for hydroxylation is 2. The standard InChI is InChI=1S/C14H13N5O/c1-9-6-10(2)18-13(17-9)12(7-15)14(20)19-11-4-3-5-16-8-11/h3-6,8,12H,1-2H3,(H,19,20)/t12-/m0/s1. The van der Waals surface area contributed by atoms with E-state index in [9.17, 15) is 10.1 Å². The van der Waals surface area contributed by atoms with Crippen LogP contribution in [0.5, 0.6) is 0 Å². The van der Waals surface area contributed by atoms with E-state index in [0.717, 1.165) is 11.4 Å². The van der Waals surface area contributed by atoms with Crippen molar-refractivity contribution in [3.8, 4) is 6.07 Å². The van der Waals surface area contributed by atoms with Crippen molar-refractivity contribution in [2.24, 2.45) is 0 Å². The molecule has 100 valence electrons. The Labute approximate surface area is 116 Å². The molecule has 6 nitrogen and oxygen atoms in total. The highest BCUT2D eigenvalue weighted by atomic mass is 16.1. The molecule has 2 rings (SSSR count). The highest BCUT2D eigenvalue weighted by molar-refractivity contribution is 5.97. The zero-order valence-electron chi connectivity index (χ0n) is 11.2. The SMILES string of the molecule is Cc1cc(C)nc([C@H](C#N)C(=O)Nc2cccnc2)n1. The van der Waals surface area contributed by atoms with E-state index in [4.69, 9.17) is 0 Å². The smallest absolute Gasteiger partial charge is 0.249 e. The van der Waals surface area contributed by atoms with Gasteiger partial charge in [0.2, 0.25) is 5.91 Å². The molecule has 0 saturated heterocycles. The summed E-state index contributed by atoms with van der Waals surface area (Å²) in [7, 11) is 0. The Bertz CT molecular complexity index is 643. The summed E-state index contributed by atoms with van der Waals surface area (Å²) in [6.45, 7) is 3.59. The molecule has 0 radical (unpaired) electrons. The molecule has 1 amide bonds. The highest BCUT2D eigenvalue weighted by Crippen LogP contribution is 2.15. The molecule has 20 heavy (non-hydrogen) atoms. The third-order valence-corrected chi connectivity index (χ3v) is 2.58. The van der Waals surface area contributed by atoms with E-state index in [1.165, 1.54) is 6.20 Å². The van der Waals surface area contributed by atoms with Gasteiger partial charge in [-0.05, 0) is 32.0 Å². The molecule has 0 aliphatic carbocycles. The molecular formula is C14H13N5O. The zero-order valence-corrected chi connectivity index (χ0v) is 11.2. The van der Waals surface area contributed by atoms with Crippen molar-refractivity contribution in [1.29, 1.82) is 5.26 Å². The van der Waals surface area contributed by atoms with Crippen molar-refractivity contribution < 1.29 is 4.79 Å². The van der Waals surface area contributed by atoms with Crippen LogP contribution < -0.4 is 5.32 Å². The largest absolute Gasteiger partial charge is 0.323 e. The third kappa shape index (κ3) is 3.14. The Morgan fingerprint density at radius 2 is 2.05 bits per heavy atom. The number of hydrogen-bond donors (Lipinski definition) is 1. The quantitative estimate of drug-likeness (QED) is 0.914. The topological polar surface area (TPSA) is 91.6 Å². The van der Waals surface area contributed by atoms with Crippen LogP contribution in [0.1, 0.15) is 23.1 Å². The molecule has 0 unspecified atom stereocenters. The number of hydrogen-bond acceptors (Lipinski definition) is 5. The van der Waals surface area contributed by atoms with Crippen LogP contribution in [-0.4, -0.2) is 20.9 Å². The van der Waals surface area contributed by atoms with Crippen LogP contribution in [0.4, 0.5) is 5.69 Å². The van der Waals surface area contributed by atoms with Gasteiger partial charge in [0.05, 0.1) is 18.0 Å². The molecule has 1 N–H and O–H groups in total. The second kappa shape index (κ2) is 5.89. The number of carbonyl (C=O) groups excluding carboxylic acids is 1. The molecule has 0 saturated carbocycles. The van der Waals surface area contributed by atoms with Crippen molar-refractivity contribution >= 4 is 11.6 Å². The summed E-state index contributed by atoms with van der Waals surface area (Å²) < 4.78 is 0. The first-order valence-electron chi connectivity index (χ1n) is 6.03. The summed E-state index contributed by atoms with van der Waals surface area (Å²) in [4.78, 5) is 24.3. The van der Waals surface area contributed by atoms with Crippen LogP contribution >= 0.6 is 0 Å². The lowest BCUT2D eigenvalue weighted by molar-refractivity contribution is -0.116. The number of amides is 1. The van der Waals surface area contributed by atoms with E-state index >= 15 is 0 Å². The van der Waals surface area contributed by atoms with Crippen LogP contribution in [-0.2, 0) is 4.79 Å². The number of nitrogens with one attached hydrogen (secondary N) is 1. The minimum absolute atomic E-state index is 0.214. The Hall–Kier alpha value is -2.81. The maximum atomic E-state index is 12.1. The van der Waals surface area contributed by atoms with Gasteiger partial charge in [0.15, 0.2) is 11.7 Å². The van der Waals surface area contributed by atoms with Gasteiger partial charge in [0, 0.05) is 17.6 Å². The lowest BCUT2D eigenvalue weighted by Gasteiger charge is -2.10. The summed E-state index contributed by atoms with van der Waals surface area (Å²) in [6, 6.07) is 7.12. The zero-order chi connectivity index (χ0) is 14.5. The number of aromatic nitrogens is 3. The average molecular weight is 267 g/mol. The van der Waals surface area contributed by atoms with E-state index in [0.29, 0.717) is 5.69 Å². The molecule has 2 heterocycles. The van der Waals surface area contributed by atoms with Gasteiger partial charge in [0.25, 0.3) is 0 Å². The monoisotopic (exact) mass is 267 g/mol. The molecule has 2 aromatic heterocycles. The molecule has 0 aliphatic rings.